The minimum absolute atomic E-state index is 0.745. The highest BCUT2D eigenvalue weighted by atomic mass is 16.5. The molecule has 8 aromatic rings. The van der Waals surface area contributed by atoms with Crippen LogP contribution in [0.1, 0.15) is 0 Å². The molecule has 186 valence electrons. The molecule has 0 atom stereocenters. The lowest BCUT2D eigenvalue weighted by Gasteiger charge is -2.16. The predicted octanol–water partition coefficient (Wildman–Crippen LogP) is 8.76. The summed E-state index contributed by atoms with van der Waals surface area (Å²) in [7, 11) is 3.36. The summed E-state index contributed by atoms with van der Waals surface area (Å²) in [5.41, 5.74) is 6.58. The van der Waals surface area contributed by atoms with Gasteiger partial charge in [-0.3, -0.25) is 4.98 Å². The highest BCUT2D eigenvalue weighted by molar-refractivity contribution is 6.33. The second-order valence-corrected chi connectivity index (χ2v) is 9.95. The third-order valence-corrected chi connectivity index (χ3v) is 7.95. The van der Waals surface area contributed by atoms with Crippen molar-refractivity contribution in [3.8, 4) is 28.3 Å². The molecule has 8 rings (SSSR count). The Balaban J connectivity index is 1.54. The SMILES string of the molecule is COc1cc(OC)cc(-n2c3cccnc3c3c4ccc5ccc(-c6ccccc6)c6ccc(cc32)c4c56)c1. The van der Waals surface area contributed by atoms with Crippen LogP contribution in [0.2, 0.25) is 0 Å². The highest BCUT2D eigenvalue weighted by Gasteiger charge is 2.20. The fourth-order valence-corrected chi connectivity index (χ4v) is 6.25. The van der Waals surface area contributed by atoms with E-state index < -0.39 is 0 Å². The van der Waals surface area contributed by atoms with E-state index in [1.807, 2.05) is 30.5 Å². The van der Waals surface area contributed by atoms with Gasteiger partial charge in [0.15, 0.2) is 0 Å². The van der Waals surface area contributed by atoms with Gasteiger partial charge in [0.25, 0.3) is 0 Å². The number of hydrogen-bond acceptors (Lipinski definition) is 3. The maximum atomic E-state index is 5.62. The van der Waals surface area contributed by atoms with Gasteiger partial charge in [-0.15, -0.1) is 0 Å². The molecule has 6 aromatic carbocycles. The van der Waals surface area contributed by atoms with E-state index in [1.54, 1.807) is 14.2 Å². The fraction of sp³-hybridized carbons (Fsp3) is 0.0571. The average molecular weight is 505 g/mol. The van der Waals surface area contributed by atoms with Crippen molar-refractivity contribution in [2.45, 2.75) is 0 Å². The van der Waals surface area contributed by atoms with Crippen LogP contribution in [-0.2, 0) is 0 Å². The zero-order valence-corrected chi connectivity index (χ0v) is 21.6. The molecule has 0 radical (unpaired) electrons. The van der Waals surface area contributed by atoms with Crippen molar-refractivity contribution in [3.05, 3.63) is 109 Å². The normalized spacial score (nSPS) is 11.8. The van der Waals surface area contributed by atoms with Gasteiger partial charge in [0.05, 0.1) is 36.5 Å². The van der Waals surface area contributed by atoms with Gasteiger partial charge < -0.3 is 14.0 Å². The zero-order chi connectivity index (χ0) is 26.1. The quantitative estimate of drug-likeness (QED) is 0.225. The van der Waals surface area contributed by atoms with Gasteiger partial charge in [0.2, 0.25) is 0 Å². The molecule has 0 N–H and O–H groups in total. The summed E-state index contributed by atoms with van der Waals surface area (Å²) in [6.45, 7) is 0. The molecular weight excluding hydrogens is 480 g/mol. The van der Waals surface area contributed by atoms with E-state index in [2.05, 4.69) is 83.4 Å². The van der Waals surface area contributed by atoms with Gasteiger partial charge in [-0.2, -0.15) is 0 Å². The Morgan fingerprint density at radius 3 is 2.10 bits per heavy atom. The van der Waals surface area contributed by atoms with Crippen molar-refractivity contribution >= 4 is 54.3 Å². The largest absolute Gasteiger partial charge is 0.497 e. The average Bonchev–Trinajstić information content (AvgIpc) is 3.33. The number of ether oxygens (including phenoxy) is 2. The Labute approximate surface area is 225 Å². The second-order valence-electron chi connectivity index (χ2n) is 9.95. The molecule has 0 amide bonds. The van der Waals surface area contributed by atoms with Gasteiger partial charge in [0, 0.05) is 29.8 Å². The minimum Gasteiger partial charge on any atom is -0.497 e. The molecule has 0 aliphatic rings. The second kappa shape index (κ2) is 8.20. The van der Waals surface area contributed by atoms with Crippen molar-refractivity contribution < 1.29 is 9.47 Å². The van der Waals surface area contributed by atoms with Crippen LogP contribution in [-0.4, -0.2) is 23.8 Å². The molecule has 0 saturated carbocycles. The summed E-state index contributed by atoms with van der Waals surface area (Å²) >= 11 is 0. The Morgan fingerprint density at radius 1 is 0.590 bits per heavy atom. The van der Waals surface area contributed by atoms with E-state index >= 15 is 0 Å². The first-order valence-corrected chi connectivity index (χ1v) is 13.0. The van der Waals surface area contributed by atoms with Gasteiger partial charge in [-0.05, 0) is 61.6 Å². The number of hydrogen-bond donors (Lipinski definition) is 0. The first-order chi connectivity index (χ1) is 19.2. The smallest absolute Gasteiger partial charge is 0.124 e. The van der Waals surface area contributed by atoms with E-state index in [9.17, 15) is 0 Å². The molecule has 2 aromatic heterocycles. The van der Waals surface area contributed by atoms with Gasteiger partial charge in [0.1, 0.15) is 11.5 Å². The van der Waals surface area contributed by atoms with E-state index in [0.29, 0.717) is 0 Å². The molecule has 2 heterocycles. The lowest BCUT2D eigenvalue weighted by molar-refractivity contribution is 0.394. The molecule has 4 heteroatoms. The van der Waals surface area contributed by atoms with Crippen LogP contribution in [0.4, 0.5) is 0 Å². The predicted molar refractivity (Wildman–Crippen MR) is 161 cm³/mol. The summed E-state index contributed by atoms with van der Waals surface area (Å²) < 4.78 is 13.5. The number of fused-ring (bicyclic) bond motifs is 4. The standard InChI is InChI=1S/C35H24N2O2/c1-38-25-18-24(19-26(20-25)39-2)37-30-9-6-16-36-35(30)34-29-15-11-22-10-13-27(21-7-4-3-5-8-21)28-14-12-23(17-31(34)37)33(29)32(22)28/h3-20H,1-2H3. The van der Waals surface area contributed by atoms with Gasteiger partial charge in [-0.25, -0.2) is 0 Å². The summed E-state index contributed by atoms with van der Waals surface area (Å²) in [6.07, 6.45) is 1.88. The molecule has 0 fully saturated rings. The van der Waals surface area contributed by atoms with Crippen LogP contribution < -0.4 is 9.47 Å². The summed E-state index contributed by atoms with van der Waals surface area (Å²) in [4.78, 5) is 4.90. The molecule has 39 heavy (non-hydrogen) atoms. The molecule has 0 saturated heterocycles. The zero-order valence-electron chi connectivity index (χ0n) is 21.6. The van der Waals surface area contributed by atoms with Crippen molar-refractivity contribution in [1.29, 1.82) is 0 Å². The van der Waals surface area contributed by atoms with Gasteiger partial charge >= 0.3 is 0 Å². The number of pyridine rings is 1. The van der Waals surface area contributed by atoms with Crippen LogP contribution in [0.5, 0.6) is 11.5 Å². The first kappa shape index (κ1) is 21.9. The van der Waals surface area contributed by atoms with E-state index in [0.717, 1.165) is 39.1 Å². The topological polar surface area (TPSA) is 36.3 Å². The third-order valence-electron chi connectivity index (χ3n) is 7.95. The Hall–Kier alpha value is -5.09. The third kappa shape index (κ3) is 3.09. The highest BCUT2D eigenvalue weighted by Crippen LogP contribution is 2.44. The number of nitrogens with zero attached hydrogens (tertiary/aromatic N) is 2. The molecule has 0 bridgehead atoms. The summed E-state index contributed by atoms with van der Waals surface area (Å²) in [6, 6.07) is 36.6. The van der Waals surface area contributed by atoms with Crippen LogP contribution in [0.3, 0.4) is 0 Å². The molecule has 0 unspecified atom stereocenters. The lowest BCUT2D eigenvalue weighted by atomic mass is 9.89. The van der Waals surface area contributed by atoms with Crippen molar-refractivity contribution in [2.75, 3.05) is 14.2 Å². The Bertz CT molecular complexity index is 2170. The maximum Gasteiger partial charge on any atom is 0.124 e. The van der Waals surface area contributed by atoms with Crippen molar-refractivity contribution in [2.24, 2.45) is 0 Å². The van der Waals surface area contributed by atoms with Crippen molar-refractivity contribution in [3.63, 3.8) is 0 Å². The van der Waals surface area contributed by atoms with E-state index in [-0.39, 0.29) is 0 Å². The first-order valence-electron chi connectivity index (χ1n) is 13.0. The fourth-order valence-electron chi connectivity index (χ4n) is 6.25. The van der Waals surface area contributed by atoms with Crippen LogP contribution in [0.25, 0.3) is 71.1 Å². The Morgan fingerprint density at radius 2 is 1.31 bits per heavy atom. The number of benzene rings is 6. The lowest BCUT2D eigenvalue weighted by Crippen LogP contribution is -1.97. The molecular formula is C35H24N2O2. The number of rotatable bonds is 4. The van der Waals surface area contributed by atoms with E-state index in [1.165, 1.54) is 43.4 Å². The van der Waals surface area contributed by atoms with Crippen LogP contribution in [0.15, 0.2) is 109 Å². The van der Waals surface area contributed by atoms with Crippen LogP contribution in [0, 0.1) is 0 Å². The van der Waals surface area contributed by atoms with E-state index in [4.69, 9.17) is 14.5 Å². The molecule has 0 aliphatic carbocycles. The molecule has 0 spiro atoms. The maximum absolute atomic E-state index is 5.62. The number of aromatic nitrogens is 2. The molecule has 0 aliphatic heterocycles. The summed E-state index contributed by atoms with van der Waals surface area (Å²) in [5, 5.41) is 8.67. The van der Waals surface area contributed by atoms with Crippen LogP contribution >= 0.6 is 0 Å². The summed E-state index contributed by atoms with van der Waals surface area (Å²) in [5.74, 6) is 1.49. The Kier molecular flexibility index (Phi) is 4.62. The molecule has 4 nitrogen and oxygen atoms in total. The number of methoxy groups -OCH3 is 2. The minimum atomic E-state index is 0.745. The monoisotopic (exact) mass is 504 g/mol. The van der Waals surface area contributed by atoms with Crippen molar-refractivity contribution in [1.82, 2.24) is 9.55 Å². The van der Waals surface area contributed by atoms with Gasteiger partial charge in [-0.1, -0.05) is 66.7 Å².